The van der Waals surface area contributed by atoms with E-state index in [1.807, 2.05) is 19.0 Å². The number of aromatic hydroxyl groups is 1. The average Bonchev–Trinajstić information content (AvgIpc) is 2.65. The van der Waals surface area contributed by atoms with E-state index in [2.05, 4.69) is 0 Å². The van der Waals surface area contributed by atoms with Gasteiger partial charge in [-0.05, 0) is 36.5 Å². The van der Waals surface area contributed by atoms with Gasteiger partial charge in [0.1, 0.15) is 28.6 Å². The van der Waals surface area contributed by atoms with Crippen molar-refractivity contribution in [2.75, 3.05) is 19.0 Å². The summed E-state index contributed by atoms with van der Waals surface area (Å²) in [7, 11) is 3.67. The third-order valence-electron chi connectivity index (χ3n) is 6.24. The lowest BCUT2D eigenvalue weighted by molar-refractivity contribution is -0.123. The van der Waals surface area contributed by atoms with E-state index in [1.54, 1.807) is 6.07 Å². The Morgan fingerprint density at radius 1 is 1.07 bits per heavy atom. The highest BCUT2D eigenvalue weighted by molar-refractivity contribution is 6.22. The molecule has 3 aliphatic carbocycles. The summed E-state index contributed by atoms with van der Waals surface area (Å²) >= 11 is 0. The van der Waals surface area contributed by atoms with Crippen molar-refractivity contribution < 1.29 is 30.0 Å². The van der Waals surface area contributed by atoms with E-state index in [1.165, 1.54) is 6.07 Å². The molecule has 8 N–H and O–H groups in total. The van der Waals surface area contributed by atoms with Crippen LogP contribution in [0, 0.1) is 11.8 Å². The lowest BCUT2D eigenvalue weighted by Crippen LogP contribution is -2.49. The van der Waals surface area contributed by atoms with E-state index >= 15 is 0 Å². The van der Waals surface area contributed by atoms with E-state index < -0.39 is 46.7 Å². The molecular formula is C21H23N3O6. The Labute approximate surface area is 172 Å². The number of benzene rings is 1. The molecule has 3 aliphatic rings. The number of fused-ring (bicyclic) bond motifs is 3. The van der Waals surface area contributed by atoms with Crippen LogP contribution in [0.15, 0.2) is 40.4 Å². The topological polar surface area (TPSA) is 170 Å². The highest BCUT2D eigenvalue weighted by atomic mass is 16.3. The number of primary amides is 1. The van der Waals surface area contributed by atoms with Crippen molar-refractivity contribution in [1.29, 1.82) is 0 Å². The second-order valence-electron chi connectivity index (χ2n) is 8.10. The van der Waals surface area contributed by atoms with Crippen LogP contribution in [-0.2, 0) is 16.0 Å². The van der Waals surface area contributed by atoms with E-state index in [-0.39, 0.29) is 34.6 Å². The normalized spacial score (nSPS) is 25.7. The number of aliphatic hydroxyl groups excluding tert-OH is 3. The third-order valence-corrected chi connectivity index (χ3v) is 6.24. The SMILES string of the molecule is CN(C)c1ccc(O)c2c1C[C@H]1C[C@@H]3C(=C(O)C1=C2O)C(O)=C(C(N)=O)C(=O)[C@@H]3N. The number of nitrogens with zero attached hydrogens (tertiary/aromatic N) is 1. The van der Waals surface area contributed by atoms with Gasteiger partial charge < -0.3 is 36.8 Å². The molecule has 0 heterocycles. The molecular weight excluding hydrogens is 390 g/mol. The van der Waals surface area contributed by atoms with Crippen molar-refractivity contribution in [3.63, 3.8) is 0 Å². The average molecular weight is 413 g/mol. The number of rotatable bonds is 2. The van der Waals surface area contributed by atoms with Gasteiger partial charge in [0.25, 0.3) is 5.91 Å². The quantitative estimate of drug-likeness (QED) is 0.389. The maximum atomic E-state index is 12.5. The minimum atomic E-state index is -1.16. The van der Waals surface area contributed by atoms with Crippen LogP contribution in [0.2, 0.25) is 0 Å². The van der Waals surface area contributed by atoms with Crippen molar-refractivity contribution in [2.45, 2.75) is 18.9 Å². The number of aliphatic hydroxyl groups is 3. The molecule has 0 saturated carbocycles. The Morgan fingerprint density at radius 3 is 2.33 bits per heavy atom. The standard InChI is InChI=1S/C21H23N3O6/c1-24(2)10-3-4-11(25)13-8(10)5-7-6-9-14(18(27)12(7)17(13)26)19(28)15(21(23)30)20(29)16(9)22/h3-4,7,9,16,25-28H,5-6,22H2,1-2H3,(H2,23,30)/t7-,9+,16+/m0/s1. The summed E-state index contributed by atoms with van der Waals surface area (Å²) in [6.45, 7) is 0. The Bertz CT molecular complexity index is 1100. The molecule has 9 nitrogen and oxygen atoms in total. The van der Waals surface area contributed by atoms with Gasteiger partial charge in [0.2, 0.25) is 0 Å². The molecule has 0 aliphatic heterocycles. The van der Waals surface area contributed by atoms with Crippen LogP contribution < -0.4 is 16.4 Å². The van der Waals surface area contributed by atoms with Crippen LogP contribution in [0.25, 0.3) is 5.76 Å². The Kier molecular flexibility index (Phi) is 4.32. The summed E-state index contributed by atoms with van der Waals surface area (Å²) in [6, 6.07) is 2.03. The van der Waals surface area contributed by atoms with E-state index in [4.69, 9.17) is 11.5 Å². The van der Waals surface area contributed by atoms with Gasteiger partial charge in [0.05, 0.1) is 11.6 Å². The van der Waals surface area contributed by atoms with E-state index in [9.17, 15) is 30.0 Å². The maximum absolute atomic E-state index is 12.5. The molecule has 158 valence electrons. The number of phenols is 1. The molecule has 0 aromatic heterocycles. The Morgan fingerprint density at radius 2 is 1.73 bits per heavy atom. The van der Waals surface area contributed by atoms with Gasteiger partial charge in [-0.15, -0.1) is 0 Å². The van der Waals surface area contributed by atoms with Crippen molar-refractivity contribution in [3.05, 3.63) is 51.5 Å². The molecule has 1 amide bonds. The Hall–Kier alpha value is -3.46. The maximum Gasteiger partial charge on any atom is 0.256 e. The molecule has 4 rings (SSSR count). The van der Waals surface area contributed by atoms with Gasteiger partial charge in [0.15, 0.2) is 5.78 Å². The summed E-state index contributed by atoms with van der Waals surface area (Å²) in [4.78, 5) is 26.0. The molecule has 1 aromatic carbocycles. The molecule has 3 atom stereocenters. The van der Waals surface area contributed by atoms with E-state index in [0.29, 0.717) is 12.0 Å². The number of ketones is 1. The number of phenolic OH excluding ortho intramolecular Hbond substituents is 1. The second kappa shape index (κ2) is 6.53. The smallest absolute Gasteiger partial charge is 0.256 e. The molecule has 0 spiro atoms. The van der Waals surface area contributed by atoms with Crippen molar-refractivity contribution in [1.82, 2.24) is 0 Å². The monoisotopic (exact) mass is 413 g/mol. The number of anilines is 1. The van der Waals surface area contributed by atoms with Gasteiger partial charge >= 0.3 is 0 Å². The van der Waals surface area contributed by atoms with Gasteiger partial charge in [0, 0.05) is 36.8 Å². The van der Waals surface area contributed by atoms with Crippen LogP contribution >= 0.6 is 0 Å². The van der Waals surface area contributed by atoms with E-state index in [0.717, 1.165) is 5.69 Å². The number of carbonyl (C=O) groups excluding carboxylic acids is 2. The Balaban J connectivity index is 2.00. The zero-order valence-corrected chi connectivity index (χ0v) is 16.5. The number of nitrogens with two attached hydrogens (primary N) is 2. The first-order chi connectivity index (χ1) is 14.1. The van der Waals surface area contributed by atoms with Crippen LogP contribution in [-0.4, -0.2) is 52.3 Å². The zero-order chi connectivity index (χ0) is 22.1. The van der Waals surface area contributed by atoms with Crippen LogP contribution in [0.3, 0.4) is 0 Å². The summed E-state index contributed by atoms with van der Waals surface area (Å²) in [5.41, 5.74) is 12.4. The highest BCUT2D eigenvalue weighted by Gasteiger charge is 2.49. The predicted octanol–water partition coefficient (Wildman–Crippen LogP) is 0.939. The van der Waals surface area contributed by atoms with Crippen molar-refractivity contribution >= 4 is 23.1 Å². The lowest BCUT2D eigenvalue weighted by atomic mass is 9.65. The first kappa shape index (κ1) is 19.8. The summed E-state index contributed by atoms with van der Waals surface area (Å²) in [5, 5.41) is 42.9. The fraction of sp³-hybridized carbons (Fsp3) is 0.333. The van der Waals surface area contributed by atoms with Crippen LogP contribution in [0.4, 0.5) is 5.69 Å². The minimum Gasteiger partial charge on any atom is -0.507 e. The summed E-state index contributed by atoms with van der Waals surface area (Å²) in [6.07, 6.45) is 0.627. The van der Waals surface area contributed by atoms with Crippen molar-refractivity contribution in [2.24, 2.45) is 23.3 Å². The number of Topliss-reactive ketones (excluding diaryl/α,β-unsaturated/α-hetero) is 1. The molecule has 0 bridgehead atoms. The number of allylic oxidation sites excluding steroid dienone is 2. The molecule has 1 aromatic rings. The highest BCUT2D eigenvalue weighted by Crippen LogP contribution is 2.52. The lowest BCUT2D eigenvalue weighted by Gasteiger charge is -2.41. The number of carbonyl (C=O) groups is 2. The number of hydrogen-bond donors (Lipinski definition) is 6. The van der Waals surface area contributed by atoms with Gasteiger partial charge in [-0.1, -0.05) is 0 Å². The number of amides is 1. The van der Waals surface area contributed by atoms with Crippen LogP contribution in [0.5, 0.6) is 5.75 Å². The van der Waals surface area contributed by atoms with Gasteiger partial charge in [-0.2, -0.15) is 0 Å². The zero-order valence-electron chi connectivity index (χ0n) is 16.5. The fourth-order valence-corrected chi connectivity index (χ4v) is 4.90. The molecule has 0 unspecified atom stereocenters. The molecule has 0 radical (unpaired) electrons. The first-order valence-electron chi connectivity index (χ1n) is 9.48. The van der Waals surface area contributed by atoms with Gasteiger partial charge in [-0.25, -0.2) is 0 Å². The minimum absolute atomic E-state index is 0.0830. The largest absolute Gasteiger partial charge is 0.507 e. The van der Waals surface area contributed by atoms with Crippen molar-refractivity contribution in [3.8, 4) is 5.75 Å². The summed E-state index contributed by atoms with van der Waals surface area (Å²) in [5.74, 6) is -4.70. The molecule has 0 saturated heterocycles. The second-order valence-corrected chi connectivity index (χ2v) is 8.10. The molecule has 30 heavy (non-hydrogen) atoms. The predicted molar refractivity (Wildman–Crippen MR) is 109 cm³/mol. The molecule has 0 fully saturated rings. The third kappa shape index (κ3) is 2.51. The fourth-order valence-electron chi connectivity index (χ4n) is 4.90. The van der Waals surface area contributed by atoms with Gasteiger partial charge in [-0.3, -0.25) is 9.59 Å². The number of hydrogen-bond acceptors (Lipinski definition) is 8. The molecule has 9 heteroatoms. The van der Waals surface area contributed by atoms with Crippen LogP contribution in [0.1, 0.15) is 17.5 Å². The first-order valence-corrected chi connectivity index (χ1v) is 9.48. The summed E-state index contributed by atoms with van der Waals surface area (Å²) < 4.78 is 0.